The van der Waals surface area contributed by atoms with E-state index in [1.807, 2.05) is 36.5 Å². The maximum absolute atomic E-state index is 11.6. The fraction of sp³-hybridized carbons (Fsp3) is 0.417. The zero-order valence-electron chi connectivity index (χ0n) is 18.3. The van der Waals surface area contributed by atoms with Crippen LogP contribution in [0, 0.1) is 0 Å². The molecule has 0 bridgehead atoms. The Bertz CT molecular complexity index is 924. The molecular weight excluding hydrogens is 406 g/mol. The number of carbonyl (C=O) groups excluding carboxylic acids is 2. The summed E-state index contributed by atoms with van der Waals surface area (Å²) < 4.78 is 5.76. The van der Waals surface area contributed by atoms with Crippen LogP contribution in [-0.2, 0) is 14.3 Å². The molecule has 2 aliphatic heterocycles. The number of hydrogen-bond donors (Lipinski definition) is 0. The average molecular weight is 436 g/mol. The lowest BCUT2D eigenvalue weighted by molar-refractivity contribution is -0.138. The lowest BCUT2D eigenvalue weighted by Gasteiger charge is -2.36. The summed E-state index contributed by atoms with van der Waals surface area (Å²) in [6.07, 6.45) is 5.00. The van der Waals surface area contributed by atoms with Crippen molar-refractivity contribution in [1.82, 2.24) is 24.7 Å². The normalized spacial score (nSPS) is 17.2. The number of piperazine rings is 1. The molecule has 2 fully saturated rings. The first-order valence-corrected chi connectivity index (χ1v) is 11.1. The zero-order chi connectivity index (χ0) is 22.3. The maximum Gasteiger partial charge on any atom is 0.229 e. The summed E-state index contributed by atoms with van der Waals surface area (Å²) in [7, 11) is 0. The van der Waals surface area contributed by atoms with Crippen LogP contribution in [0.1, 0.15) is 24.8 Å². The number of hydrogen-bond acceptors (Lipinski definition) is 7. The largest absolute Gasteiger partial charge is 0.369 e. The van der Waals surface area contributed by atoms with Crippen molar-refractivity contribution in [3.63, 3.8) is 0 Å². The summed E-state index contributed by atoms with van der Waals surface area (Å²) in [6.45, 7) is 9.36. The van der Waals surface area contributed by atoms with Crippen molar-refractivity contribution in [3.8, 4) is 11.4 Å². The Balaban J connectivity index is 1.16. The monoisotopic (exact) mass is 435 g/mol. The van der Waals surface area contributed by atoms with E-state index < -0.39 is 0 Å². The molecule has 2 aromatic heterocycles. The molecule has 168 valence electrons. The SMILES string of the molecule is C=C(c1ccc(-c2ccccn2)nc1)N1CCN(COCCCN2C(=O)CCC2=O)CC1. The van der Waals surface area contributed by atoms with Gasteiger partial charge in [0.25, 0.3) is 0 Å². The molecule has 32 heavy (non-hydrogen) atoms. The number of rotatable bonds is 9. The molecule has 2 saturated heterocycles. The molecule has 0 radical (unpaired) electrons. The molecule has 0 aromatic carbocycles. The Morgan fingerprint density at radius 2 is 1.72 bits per heavy atom. The van der Waals surface area contributed by atoms with E-state index >= 15 is 0 Å². The highest BCUT2D eigenvalue weighted by Crippen LogP contribution is 2.21. The molecule has 2 aromatic rings. The third kappa shape index (κ3) is 5.38. The van der Waals surface area contributed by atoms with Gasteiger partial charge in [-0.3, -0.25) is 29.4 Å². The minimum absolute atomic E-state index is 0.0621. The molecule has 2 aliphatic rings. The summed E-state index contributed by atoms with van der Waals surface area (Å²) in [5, 5.41) is 0. The molecule has 0 spiro atoms. The van der Waals surface area contributed by atoms with E-state index in [4.69, 9.17) is 4.74 Å². The average Bonchev–Trinajstić information content (AvgIpc) is 3.16. The van der Waals surface area contributed by atoms with Gasteiger partial charge in [-0.05, 0) is 30.7 Å². The predicted molar refractivity (Wildman–Crippen MR) is 121 cm³/mol. The van der Waals surface area contributed by atoms with Crippen molar-refractivity contribution >= 4 is 17.5 Å². The molecule has 4 rings (SSSR count). The number of carbonyl (C=O) groups is 2. The Labute approximate surface area is 188 Å². The molecule has 0 atom stereocenters. The van der Waals surface area contributed by atoms with Crippen LogP contribution in [0.25, 0.3) is 17.1 Å². The Morgan fingerprint density at radius 3 is 2.38 bits per heavy atom. The molecule has 8 nitrogen and oxygen atoms in total. The fourth-order valence-electron chi connectivity index (χ4n) is 3.95. The smallest absolute Gasteiger partial charge is 0.229 e. The third-order valence-corrected chi connectivity index (χ3v) is 5.88. The minimum atomic E-state index is -0.0621. The van der Waals surface area contributed by atoms with Crippen LogP contribution in [0.15, 0.2) is 49.3 Å². The second-order valence-corrected chi connectivity index (χ2v) is 8.03. The zero-order valence-corrected chi connectivity index (χ0v) is 18.3. The molecule has 0 saturated carbocycles. The van der Waals surface area contributed by atoms with Gasteiger partial charge in [0.15, 0.2) is 0 Å². The fourth-order valence-corrected chi connectivity index (χ4v) is 3.95. The van der Waals surface area contributed by atoms with Gasteiger partial charge in [-0.1, -0.05) is 12.6 Å². The standard InChI is InChI=1S/C24H29N5O3/c1-19(20-6-7-22(26-17-20)21-5-2-3-10-25-21)28-14-12-27(13-15-28)18-32-16-4-11-29-23(30)8-9-24(29)31/h2-3,5-7,10,17H,1,4,8-9,11-16,18H2. The number of aromatic nitrogens is 2. The molecule has 0 N–H and O–H groups in total. The van der Waals surface area contributed by atoms with Crippen LogP contribution >= 0.6 is 0 Å². The third-order valence-electron chi connectivity index (χ3n) is 5.88. The Morgan fingerprint density at radius 1 is 0.969 bits per heavy atom. The first-order chi connectivity index (χ1) is 15.6. The van der Waals surface area contributed by atoms with E-state index in [9.17, 15) is 9.59 Å². The van der Waals surface area contributed by atoms with Crippen LogP contribution in [0.3, 0.4) is 0 Å². The van der Waals surface area contributed by atoms with Gasteiger partial charge in [0.2, 0.25) is 11.8 Å². The molecule has 4 heterocycles. The summed E-state index contributed by atoms with van der Waals surface area (Å²) in [4.78, 5) is 38.0. The molecule has 0 unspecified atom stereocenters. The van der Waals surface area contributed by atoms with Gasteiger partial charge in [-0.25, -0.2) is 0 Å². The lowest BCUT2D eigenvalue weighted by atomic mass is 10.1. The van der Waals surface area contributed by atoms with Crippen molar-refractivity contribution < 1.29 is 14.3 Å². The first-order valence-electron chi connectivity index (χ1n) is 11.1. The van der Waals surface area contributed by atoms with Gasteiger partial charge in [-0.2, -0.15) is 0 Å². The van der Waals surface area contributed by atoms with E-state index in [2.05, 4.69) is 26.3 Å². The van der Waals surface area contributed by atoms with Gasteiger partial charge in [0, 0.05) is 69.2 Å². The second kappa shape index (κ2) is 10.5. The Hall–Kier alpha value is -3.10. The van der Waals surface area contributed by atoms with Gasteiger partial charge >= 0.3 is 0 Å². The highest BCUT2D eigenvalue weighted by molar-refractivity contribution is 6.01. The van der Waals surface area contributed by atoms with E-state index in [-0.39, 0.29) is 11.8 Å². The molecule has 8 heteroatoms. The first kappa shape index (κ1) is 22.1. The summed E-state index contributed by atoms with van der Waals surface area (Å²) in [5.41, 5.74) is 3.70. The van der Waals surface area contributed by atoms with Crippen molar-refractivity contribution in [2.24, 2.45) is 0 Å². The van der Waals surface area contributed by atoms with Gasteiger partial charge in [0.1, 0.15) is 0 Å². The summed E-state index contributed by atoms with van der Waals surface area (Å²) >= 11 is 0. The number of likely N-dealkylation sites (tertiary alicyclic amines) is 1. The summed E-state index contributed by atoms with van der Waals surface area (Å²) in [6, 6.07) is 9.82. The van der Waals surface area contributed by atoms with Crippen molar-refractivity contribution in [3.05, 3.63) is 54.9 Å². The van der Waals surface area contributed by atoms with Gasteiger partial charge in [0.05, 0.1) is 24.7 Å². The van der Waals surface area contributed by atoms with E-state index in [0.29, 0.717) is 39.1 Å². The van der Waals surface area contributed by atoms with Crippen LogP contribution < -0.4 is 0 Å². The number of ether oxygens (including phenoxy) is 1. The van der Waals surface area contributed by atoms with E-state index in [1.165, 1.54) is 4.90 Å². The van der Waals surface area contributed by atoms with Gasteiger partial charge < -0.3 is 9.64 Å². The number of amides is 2. The van der Waals surface area contributed by atoms with Crippen LogP contribution in [0.2, 0.25) is 0 Å². The maximum atomic E-state index is 11.6. The van der Waals surface area contributed by atoms with Gasteiger partial charge in [-0.15, -0.1) is 0 Å². The van der Waals surface area contributed by atoms with Crippen molar-refractivity contribution in [2.75, 3.05) is 46.1 Å². The Kier molecular flexibility index (Phi) is 7.24. The highest BCUT2D eigenvalue weighted by Gasteiger charge is 2.28. The highest BCUT2D eigenvalue weighted by atomic mass is 16.5. The van der Waals surface area contributed by atoms with Crippen LogP contribution in [0.5, 0.6) is 0 Å². The molecular formula is C24H29N5O3. The van der Waals surface area contributed by atoms with Crippen LogP contribution in [-0.4, -0.2) is 82.5 Å². The number of nitrogens with zero attached hydrogens (tertiary/aromatic N) is 5. The topological polar surface area (TPSA) is 78.9 Å². The molecule has 0 aliphatic carbocycles. The number of pyridine rings is 2. The minimum Gasteiger partial charge on any atom is -0.369 e. The van der Waals surface area contributed by atoms with Crippen molar-refractivity contribution in [2.45, 2.75) is 19.3 Å². The second-order valence-electron chi connectivity index (χ2n) is 8.03. The van der Waals surface area contributed by atoms with E-state index in [0.717, 1.165) is 48.8 Å². The summed E-state index contributed by atoms with van der Waals surface area (Å²) in [5.74, 6) is -0.124. The quantitative estimate of drug-likeness (QED) is 0.442. The predicted octanol–water partition coefficient (Wildman–Crippen LogP) is 2.25. The van der Waals surface area contributed by atoms with Crippen molar-refractivity contribution in [1.29, 1.82) is 0 Å². The van der Waals surface area contributed by atoms with E-state index in [1.54, 1.807) is 6.20 Å². The van der Waals surface area contributed by atoms with Crippen LogP contribution in [0.4, 0.5) is 0 Å². The molecule has 2 amide bonds. The number of imide groups is 1. The lowest BCUT2D eigenvalue weighted by Crippen LogP contribution is -2.46.